The number of hydrogen-bond acceptors (Lipinski definition) is 9. The van der Waals surface area contributed by atoms with E-state index in [0.717, 1.165) is 0 Å². The standard InChI is InChI=1S/2C9H22O4Si.2ClH.Mo.O/c2*1-7(2)11-14(10,12-8(3)4)13-9(5)6;;;;/h2*7-10H,1-6H3;2*1H;;. The molecule has 0 rings (SSSR count). The molecule has 2 N–H and O–H groups in total. The van der Waals surface area contributed by atoms with Gasteiger partial charge in [-0.05, 0) is 83.1 Å². The molecule has 0 fully saturated rings. The molecule has 0 atom stereocenters. The van der Waals surface area contributed by atoms with Crippen molar-refractivity contribution in [2.75, 3.05) is 0 Å². The van der Waals surface area contributed by atoms with Gasteiger partial charge in [-0.2, -0.15) is 0 Å². The van der Waals surface area contributed by atoms with Gasteiger partial charge in [-0.25, -0.2) is 0 Å². The maximum atomic E-state index is 9.99. The molecule has 0 aliphatic heterocycles. The SMILES string of the molecule is CC(C)O[Si](O)(OC(C)C)OC(C)C.CC(C)O[Si](O)(OC(C)C)OC(C)C.Cl.Cl.[O]=[Mo]. The molecule has 0 spiro atoms. The quantitative estimate of drug-likeness (QED) is 0.308. The molecule has 32 heavy (non-hydrogen) atoms. The topological polar surface area (TPSA) is 113 Å². The van der Waals surface area contributed by atoms with Gasteiger partial charge in [0, 0.05) is 36.6 Å². The van der Waals surface area contributed by atoms with Crippen LogP contribution in [0.25, 0.3) is 0 Å². The van der Waals surface area contributed by atoms with E-state index < -0.39 is 18.1 Å². The Morgan fingerprint density at radius 1 is 0.438 bits per heavy atom. The van der Waals surface area contributed by atoms with Crippen molar-refractivity contribution >= 4 is 42.9 Å². The van der Waals surface area contributed by atoms with Gasteiger partial charge in [0.05, 0.1) is 0 Å². The van der Waals surface area contributed by atoms with Crippen LogP contribution in [0.15, 0.2) is 0 Å². The van der Waals surface area contributed by atoms with Crippen LogP contribution in [0.3, 0.4) is 0 Å². The van der Waals surface area contributed by atoms with Crippen molar-refractivity contribution in [2.24, 2.45) is 0 Å². The van der Waals surface area contributed by atoms with E-state index in [-0.39, 0.29) is 61.4 Å². The van der Waals surface area contributed by atoms with Gasteiger partial charge in [0.15, 0.2) is 0 Å². The molecule has 0 aromatic heterocycles. The first-order valence-corrected chi connectivity index (χ1v) is 14.3. The second-order valence-corrected chi connectivity index (χ2v) is 11.6. The Bertz CT molecular complexity index is 333. The molecule has 0 bridgehead atoms. The van der Waals surface area contributed by atoms with Crippen molar-refractivity contribution in [3.05, 3.63) is 0 Å². The second kappa shape index (κ2) is 22.6. The van der Waals surface area contributed by atoms with E-state index in [4.69, 9.17) is 30.0 Å². The molecule has 0 saturated carbocycles. The van der Waals surface area contributed by atoms with E-state index in [1.165, 1.54) is 0 Å². The zero-order valence-corrected chi connectivity index (χ0v) is 27.1. The predicted molar refractivity (Wildman–Crippen MR) is 128 cm³/mol. The Kier molecular flexibility index (Phi) is 30.6. The van der Waals surface area contributed by atoms with Crippen LogP contribution in [0.4, 0.5) is 0 Å². The van der Waals surface area contributed by atoms with E-state index >= 15 is 0 Å². The molecule has 0 aromatic rings. The van der Waals surface area contributed by atoms with Crippen LogP contribution < -0.4 is 0 Å². The van der Waals surface area contributed by atoms with Crippen molar-refractivity contribution in [3.63, 3.8) is 0 Å². The maximum absolute atomic E-state index is 9.99. The summed E-state index contributed by atoms with van der Waals surface area (Å²) in [5, 5.41) is 0. The van der Waals surface area contributed by atoms with Crippen LogP contribution >= 0.6 is 24.8 Å². The first-order valence-electron chi connectivity index (χ1n) is 10.2. The summed E-state index contributed by atoms with van der Waals surface area (Å²) < 4.78 is 40.1. The Hall–Kier alpha value is 1.18. The van der Waals surface area contributed by atoms with E-state index in [9.17, 15) is 9.59 Å². The van der Waals surface area contributed by atoms with Gasteiger partial charge in [0.2, 0.25) is 0 Å². The second-order valence-electron chi connectivity index (χ2n) is 8.05. The van der Waals surface area contributed by atoms with Crippen LogP contribution in [0.5, 0.6) is 0 Å². The fourth-order valence-corrected chi connectivity index (χ4v) is 5.86. The zero-order chi connectivity index (χ0) is 24.7. The van der Waals surface area contributed by atoms with Gasteiger partial charge in [-0.3, -0.25) is 0 Å². The van der Waals surface area contributed by atoms with Gasteiger partial charge < -0.3 is 36.1 Å². The summed E-state index contributed by atoms with van der Waals surface area (Å²) in [7, 11) is -6.88. The van der Waals surface area contributed by atoms with Crippen LogP contribution in [0.2, 0.25) is 0 Å². The Morgan fingerprint density at radius 2 is 0.531 bits per heavy atom. The van der Waals surface area contributed by atoms with Gasteiger partial charge in [-0.1, -0.05) is 0 Å². The van der Waals surface area contributed by atoms with Crippen molar-refractivity contribution in [1.29, 1.82) is 0 Å². The minimum atomic E-state index is -3.44. The number of rotatable bonds is 12. The molecule has 0 aliphatic rings. The molecule has 14 heteroatoms. The summed E-state index contributed by atoms with van der Waals surface area (Å²) in [6.07, 6.45) is -0.644. The fraction of sp³-hybridized carbons (Fsp3) is 1.00. The molecule has 0 saturated heterocycles. The van der Waals surface area contributed by atoms with E-state index in [1.54, 1.807) is 0 Å². The van der Waals surface area contributed by atoms with Crippen molar-refractivity contribution < 1.29 is 59.3 Å². The van der Waals surface area contributed by atoms with Crippen LogP contribution in [0, 0.1) is 0 Å². The summed E-state index contributed by atoms with van der Waals surface area (Å²) in [5.74, 6) is 0. The monoisotopic (exact) mass is 630 g/mol. The molecule has 0 aliphatic carbocycles. The van der Waals surface area contributed by atoms with Gasteiger partial charge in [-0.15, -0.1) is 24.8 Å². The Morgan fingerprint density at radius 3 is 0.594 bits per heavy atom. The molecule has 0 aromatic carbocycles. The molecule has 0 heterocycles. The Labute approximate surface area is 221 Å². The molecular formula is C18H46Cl2MoO9Si2. The predicted octanol–water partition coefficient (Wildman–Crippen LogP) is 4.10. The molecule has 0 unspecified atom stereocenters. The van der Waals surface area contributed by atoms with Gasteiger partial charge >= 0.3 is 41.3 Å². The third kappa shape index (κ3) is 29.2. The number of halogens is 2. The van der Waals surface area contributed by atoms with E-state index in [2.05, 4.69) is 0 Å². The molecule has 0 amide bonds. The molecular weight excluding hydrogens is 583 g/mol. The van der Waals surface area contributed by atoms with Crippen molar-refractivity contribution in [2.45, 2.75) is 120 Å². The summed E-state index contributed by atoms with van der Waals surface area (Å²) in [5.41, 5.74) is 0. The van der Waals surface area contributed by atoms with Crippen LogP contribution in [0.1, 0.15) is 83.1 Å². The van der Waals surface area contributed by atoms with Gasteiger partial charge in [0.1, 0.15) is 0 Å². The average Bonchev–Trinajstić information content (AvgIpc) is 2.43. The summed E-state index contributed by atoms with van der Waals surface area (Å²) in [6, 6.07) is 0. The van der Waals surface area contributed by atoms with Gasteiger partial charge in [0.25, 0.3) is 0 Å². The third-order valence-corrected chi connectivity index (χ3v) is 6.92. The van der Waals surface area contributed by atoms with E-state index in [1.807, 2.05) is 83.1 Å². The zero-order valence-electron chi connectivity index (χ0n) is 21.4. The fourth-order valence-electron chi connectivity index (χ4n) is 1.95. The normalized spacial score (nSPS) is 11.8. The molecule has 200 valence electrons. The van der Waals surface area contributed by atoms with Crippen LogP contribution in [-0.4, -0.2) is 64.3 Å². The molecule has 0 radical (unpaired) electrons. The summed E-state index contributed by atoms with van der Waals surface area (Å²) in [6.45, 7) is 22.1. The van der Waals surface area contributed by atoms with Crippen molar-refractivity contribution in [3.8, 4) is 0 Å². The van der Waals surface area contributed by atoms with E-state index in [0.29, 0.717) is 19.8 Å². The van der Waals surface area contributed by atoms with Crippen LogP contribution in [-0.2, 0) is 49.7 Å². The van der Waals surface area contributed by atoms with Crippen molar-refractivity contribution in [1.82, 2.24) is 0 Å². The summed E-state index contributed by atoms with van der Waals surface area (Å²) in [4.78, 5) is 20.0. The minimum absolute atomic E-state index is 0. The first-order chi connectivity index (χ1) is 13.5. The molecule has 9 nitrogen and oxygen atoms in total. The Balaban J connectivity index is -0.000000133. The summed E-state index contributed by atoms with van der Waals surface area (Å²) >= 11 is 0.700. The third-order valence-electron chi connectivity index (χ3n) is 2.31. The first kappa shape index (κ1) is 43.3. The average molecular weight is 630 g/mol. The number of hydrogen-bond donors (Lipinski definition) is 2.